The van der Waals surface area contributed by atoms with Gasteiger partial charge >= 0.3 is 0 Å². The maximum Gasteiger partial charge on any atom is 0.176 e. The number of ketones is 1. The first-order chi connectivity index (χ1) is 8.68. The number of ether oxygens (including phenoxy) is 1. The highest BCUT2D eigenvalue weighted by Crippen LogP contribution is 2.23. The molecule has 0 spiro atoms. The van der Waals surface area contributed by atoms with Crippen LogP contribution < -0.4 is 0 Å². The van der Waals surface area contributed by atoms with Crippen LogP contribution in [-0.2, 0) is 4.74 Å². The molecule has 0 radical (unpaired) electrons. The lowest BCUT2D eigenvalue weighted by Crippen LogP contribution is -2.07. The summed E-state index contributed by atoms with van der Waals surface area (Å²) < 4.78 is 9.45. The molecule has 1 fully saturated rings. The monoisotopic (exact) mass is 268 g/mol. The van der Waals surface area contributed by atoms with Gasteiger partial charge in [0.2, 0.25) is 0 Å². The normalized spacial score (nSPS) is 19.6. The minimum Gasteiger partial charge on any atom is -0.378 e. The summed E-state index contributed by atoms with van der Waals surface area (Å²) in [7, 11) is 0. The zero-order chi connectivity index (χ0) is 13.0. The predicted molar refractivity (Wildman–Crippen MR) is 71.2 cm³/mol. The fourth-order valence-corrected chi connectivity index (χ4v) is 3.03. The Balaban J connectivity index is 1.81. The van der Waals surface area contributed by atoms with E-state index in [-0.39, 0.29) is 11.7 Å². The Morgan fingerprint density at radius 1 is 1.56 bits per heavy atom. The number of hydrogen-bond donors (Lipinski definition) is 0. The summed E-state index contributed by atoms with van der Waals surface area (Å²) in [4.78, 5) is 12.8. The van der Waals surface area contributed by atoms with Gasteiger partial charge in [0.1, 0.15) is 4.88 Å². The Labute approximate surface area is 112 Å². The van der Waals surface area contributed by atoms with E-state index in [1.54, 1.807) is 0 Å². The first-order valence-corrected chi connectivity index (χ1v) is 7.43. The van der Waals surface area contributed by atoms with Crippen LogP contribution in [0.25, 0.3) is 0 Å². The Hall–Kier alpha value is -0.810. The average Bonchev–Trinajstić information content (AvgIpc) is 2.99. The molecule has 1 unspecified atom stereocenters. The van der Waals surface area contributed by atoms with Gasteiger partial charge < -0.3 is 4.74 Å². The third-order valence-electron chi connectivity index (χ3n) is 3.27. The van der Waals surface area contributed by atoms with Gasteiger partial charge in [0.05, 0.1) is 11.8 Å². The van der Waals surface area contributed by atoms with Gasteiger partial charge in [0, 0.05) is 13.0 Å². The number of carbonyl (C=O) groups is 1. The second kappa shape index (κ2) is 6.38. The van der Waals surface area contributed by atoms with Gasteiger partial charge in [0.25, 0.3) is 0 Å². The molecule has 1 aromatic rings. The van der Waals surface area contributed by atoms with Crippen LogP contribution in [0.15, 0.2) is 0 Å². The van der Waals surface area contributed by atoms with E-state index < -0.39 is 0 Å². The minimum atomic E-state index is 0.187. The van der Waals surface area contributed by atoms with Crippen LogP contribution in [0.5, 0.6) is 0 Å². The van der Waals surface area contributed by atoms with Crippen LogP contribution in [0.4, 0.5) is 0 Å². The van der Waals surface area contributed by atoms with Crippen LogP contribution >= 0.6 is 11.5 Å². The molecule has 2 heterocycles. The van der Waals surface area contributed by atoms with Crippen LogP contribution in [0.3, 0.4) is 0 Å². The van der Waals surface area contributed by atoms with Crippen LogP contribution in [0.2, 0.25) is 0 Å². The smallest absolute Gasteiger partial charge is 0.176 e. The van der Waals surface area contributed by atoms with E-state index in [9.17, 15) is 4.79 Å². The van der Waals surface area contributed by atoms with Crippen molar-refractivity contribution in [3.63, 3.8) is 0 Å². The van der Waals surface area contributed by atoms with Crippen molar-refractivity contribution < 1.29 is 9.53 Å². The van der Waals surface area contributed by atoms with E-state index in [0.29, 0.717) is 12.5 Å². The second-order valence-electron chi connectivity index (χ2n) is 5.09. The highest BCUT2D eigenvalue weighted by Gasteiger charge is 2.20. The molecule has 0 aromatic carbocycles. The molecular formula is C13H20N2O2S. The highest BCUT2D eigenvalue weighted by molar-refractivity contribution is 7.08. The first kappa shape index (κ1) is 13.6. The fourth-order valence-electron chi connectivity index (χ4n) is 2.24. The molecule has 1 saturated heterocycles. The Morgan fingerprint density at radius 3 is 3.06 bits per heavy atom. The maximum atomic E-state index is 12.1. The average molecular weight is 268 g/mol. The Bertz CT molecular complexity index is 397. The van der Waals surface area contributed by atoms with Crippen molar-refractivity contribution in [3.8, 4) is 0 Å². The van der Waals surface area contributed by atoms with E-state index in [0.717, 1.165) is 42.9 Å². The van der Waals surface area contributed by atoms with E-state index >= 15 is 0 Å². The van der Waals surface area contributed by atoms with Gasteiger partial charge in [-0.1, -0.05) is 18.3 Å². The van der Waals surface area contributed by atoms with Gasteiger partial charge in [-0.25, -0.2) is 0 Å². The molecular weight excluding hydrogens is 248 g/mol. The molecule has 5 heteroatoms. The lowest BCUT2D eigenvalue weighted by Gasteiger charge is -2.08. The van der Waals surface area contributed by atoms with Crippen LogP contribution in [0.1, 0.15) is 67.2 Å². The van der Waals surface area contributed by atoms with Gasteiger partial charge in [-0.15, -0.1) is 5.10 Å². The molecule has 4 nitrogen and oxygen atoms in total. The summed E-state index contributed by atoms with van der Waals surface area (Å²) in [6.07, 6.45) is 5.17. The summed E-state index contributed by atoms with van der Waals surface area (Å²) in [6.45, 7) is 4.97. The number of nitrogens with zero attached hydrogens (tertiary/aromatic N) is 2. The Morgan fingerprint density at radius 2 is 2.39 bits per heavy atom. The van der Waals surface area contributed by atoms with Crippen molar-refractivity contribution in [2.45, 2.75) is 58.0 Å². The number of Topliss-reactive ketones (excluding diaryl/α,β-unsaturated/α-hetero) is 1. The molecule has 0 bridgehead atoms. The zero-order valence-corrected chi connectivity index (χ0v) is 11.8. The lowest BCUT2D eigenvalue weighted by atomic mass is 10.0. The van der Waals surface area contributed by atoms with Gasteiger partial charge in [-0.05, 0) is 43.1 Å². The summed E-state index contributed by atoms with van der Waals surface area (Å²) in [5.41, 5.74) is 0.849. The Kier molecular flexibility index (Phi) is 4.83. The SMILES string of the molecule is CC(C)c1nnsc1C(=O)CCCC1CCCO1. The van der Waals surface area contributed by atoms with E-state index in [1.807, 2.05) is 13.8 Å². The molecule has 1 aliphatic heterocycles. The fraction of sp³-hybridized carbons (Fsp3) is 0.769. The molecule has 1 atom stereocenters. The molecule has 1 aliphatic rings. The maximum absolute atomic E-state index is 12.1. The number of aromatic nitrogens is 2. The van der Waals surface area contributed by atoms with Crippen LogP contribution in [0, 0.1) is 0 Å². The van der Waals surface area contributed by atoms with Crippen molar-refractivity contribution in [2.75, 3.05) is 6.61 Å². The van der Waals surface area contributed by atoms with E-state index in [1.165, 1.54) is 11.5 Å². The summed E-state index contributed by atoms with van der Waals surface area (Å²) in [5.74, 6) is 0.451. The first-order valence-electron chi connectivity index (χ1n) is 6.65. The number of hydrogen-bond acceptors (Lipinski definition) is 5. The quantitative estimate of drug-likeness (QED) is 0.743. The van der Waals surface area contributed by atoms with Gasteiger partial charge in [0.15, 0.2) is 5.78 Å². The molecule has 0 amide bonds. The standard InChI is InChI=1S/C13H20N2O2S/c1-9(2)12-13(18-15-14-12)11(16)7-3-5-10-6-4-8-17-10/h9-10H,3-8H2,1-2H3. The molecule has 1 aromatic heterocycles. The third kappa shape index (κ3) is 3.36. The van der Waals surface area contributed by atoms with Crippen molar-refractivity contribution in [1.82, 2.24) is 9.59 Å². The summed E-state index contributed by atoms with van der Waals surface area (Å²) >= 11 is 1.23. The van der Waals surface area contributed by atoms with Crippen molar-refractivity contribution in [3.05, 3.63) is 10.6 Å². The van der Waals surface area contributed by atoms with Crippen LogP contribution in [-0.4, -0.2) is 28.1 Å². The second-order valence-corrected chi connectivity index (χ2v) is 5.85. The van der Waals surface area contributed by atoms with E-state index in [4.69, 9.17) is 4.74 Å². The summed E-state index contributed by atoms with van der Waals surface area (Å²) in [6, 6.07) is 0. The van der Waals surface area contributed by atoms with Crippen molar-refractivity contribution in [1.29, 1.82) is 0 Å². The molecule has 0 saturated carbocycles. The molecule has 100 valence electrons. The largest absolute Gasteiger partial charge is 0.378 e. The number of carbonyl (C=O) groups excluding carboxylic acids is 1. The highest BCUT2D eigenvalue weighted by atomic mass is 32.1. The van der Waals surface area contributed by atoms with Crippen molar-refractivity contribution >= 4 is 17.3 Å². The molecule has 0 aliphatic carbocycles. The predicted octanol–water partition coefficient (Wildman–Crippen LogP) is 3.19. The van der Waals surface area contributed by atoms with E-state index in [2.05, 4.69) is 9.59 Å². The van der Waals surface area contributed by atoms with Gasteiger partial charge in [-0.3, -0.25) is 4.79 Å². The zero-order valence-electron chi connectivity index (χ0n) is 11.0. The molecule has 0 N–H and O–H groups in total. The third-order valence-corrected chi connectivity index (χ3v) is 4.05. The lowest BCUT2D eigenvalue weighted by molar-refractivity contribution is 0.0924. The van der Waals surface area contributed by atoms with Crippen molar-refractivity contribution in [2.24, 2.45) is 0 Å². The van der Waals surface area contributed by atoms with Gasteiger partial charge in [-0.2, -0.15) is 0 Å². The minimum absolute atomic E-state index is 0.187. The number of rotatable bonds is 6. The topological polar surface area (TPSA) is 52.1 Å². The summed E-state index contributed by atoms with van der Waals surface area (Å²) in [5, 5.41) is 4.05. The molecule has 18 heavy (non-hydrogen) atoms. The molecule has 2 rings (SSSR count).